The first-order valence-corrected chi connectivity index (χ1v) is 13.1. The van der Waals surface area contributed by atoms with Gasteiger partial charge in [-0.3, -0.25) is 14.4 Å². The largest absolute Gasteiger partial charge is 0.484 e. The molecule has 0 spiro atoms. The lowest BCUT2D eigenvalue weighted by Gasteiger charge is -2.27. The lowest BCUT2D eigenvalue weighted by atomic mass is 10.0. The fourth-order valence-electron chi connectivity index (χ4n) is 4.71. The molecule has 1 fully saturated rings. The minimum Gasteiger partial charge on any atom is -0.484 e. The molecule has 1 saturated heterocycles. The van der Waals surface area contributed by atoms with Gasteiger partial charge in [0.2, 0.25) is 5.91 Å². The van der Waals surface area contributed by atoms with Crippen LogP contribution in [0.25, 0.3) is 16.6 Å². The standard InChI is InChI=1S/C30H29F2N5O4/c1-19(35-29(40)30(2,31)32)27(20-7-4-3-5-8-20)41-24-11-12-25-22(16-24)17-34-37(25)23-10-6-9-21(15-23)28(39)36-14-13-33-26(38)18-36/h3-12,15-17,19,27H,13-14,18H2,1-2H3,(H,33,38)(H,35,40)/t19-,27+/m0/s1. The van der Waals surface area contributed by atoms with Gasteiger partial charge >= 0.3 is 5.92 Å². The first-order chi connectivity index (χ1) is 19.6. The van der Waals surface area contributed by atoms with Crippen LogP contribution in [0.1, 0.15) is 35.9 Å². The van der Waals surface area contributed by atoms with Gasteiger partial charge in [0.05, 0.1) is 30.0 Å². The van der Waals surface area contributed by atoms with Gasteiger partial charge in [-0.25, -0.2) is 4.68 Å². The van der Waals surface area contributed by atoms with Crippen molar-refractivity contribution in [3.05, 3.63) is 90.1 Å². The number of fused-ring (bicyclic) bond motifs is 1. The predicted octanol–water partition coefficient (Wildman–Crippen LogP) is 3.88. The quantitative estimate of drug-likeness (QED) is 0.340. The topological polar surface area (TPSA) is 106 Å². The zero-order valence-electron chi connectivity index (χ0n) is 22.5. The van der Waals surface area contributed by atoms with Crippen molar-refractivity contribution in [2.75, 3.05) is 19.6 Å². The lowest BCUT2D eigenvalue weighted by molar-refractivity contribution is -0.144. The molecule has 2 heterocycles. The number of alkyl halides is 2. The number of nitrogens with zero attached hydrogens (tertiary/aromatic N) is 3. The van der Waals surface area contributed by atoms with E-state index >= 15 is 0 Å². The number of amides is 3. The molecular formula is C30H29F2N5O4. The second-order valence-electron chi connectivity index (χ2n) is 10.0. The summed E-state index contributed by atoms with van der Waals surface area (Å²) in [6.07, 6.45) is 0.918. The van der Waals surface area contributed by atoms with Crippen LogP contribution in [0.3, 0.4) is 0 Å². The fraction of sp³-hybridized carbons (Fsp3) is 0.267. The second kappa shape index (κ2) is 11.4. The molecule has 0 unspecified atom stereocenters. The first-order valence-electron chi connectivity index (χ1n) is 13.1. The molecule has 0 saturated carbocycles. The van der Waals surface area contributed by atoms with Crippen molar-refractivity contribution in [1.29, 1.82) is 0 Å². The van der Waals surface area contributed by atoms with E-state index in [2.05, 4.69) is 15.7 Å². The van der Waals surface area contributed by atoms with Crippen molar-refractivity contribution in [2.45, 2.75) is 31.9 Å². The van der Waals surface area contributed by atoms with Gasteiger partial charge in [-0.1, -0.05) is 36.4 Å². The van der Waals surface area contributed by atoms with Crippen LogP contribution in [0.5, 0.6) is 5.75 Å². The summed E-state index contributed by atoms with van der Waals surface area (Å²) < 4.78 is 35.1. The lowest BCUT2D eigenvalue weighted by Crippen LogP contribution is -2.49. The van der Waals surface area contributed by atoms with Crippen LogP contribution in [-0.2, 0) is 9.59 Å². The Labute approximate surface area is 235 Å². The van der Waals surface area contributed by atoms with Gasteiger partial charge in [0, 0.05) is 31.0 Å². The van der Waals surface area contributed by atoms with Crippen LogP contribution in [0.15, 0.2) is 79.0 Å². The molecule has 3 aromatic carbocycles. The van der Waals surface area contributed by atoms with Crippen molar-refractivity contribution >= 4 is 28.6 Å². The smallest absolute Gasteiger partial charge is 0.321 e. The third-order valence-corrected chi connectivity index (χ3v) is 6.81. The van der Waals surface area contributed by atoms with E-state index in [4.69, 9.17) is 4.74 Å². The van der Waals surface area contributed by atoms with E-state index in [1.54, 1.807) is 72.4 Å². The summed E-state index contributed by atoms with van der Waals surface area (Å²) in [6.45, 7) is 3.04. The zero-order chi connectivity index (χ0) is 29.1. The van der Waals surface area contributed by atoms with Crippen molar-refractivity contribution < 1.29 is 27.9 Å². The molecule has 41 heavy (non-hydrogen) atoms. The number of piperazine rings is 1. The van der Waals surface area contributed by atoms with Crippen molar-refractivity contribution in [2.24, 2.45) is 0 Å². The first kappa shape index (κ1) is 27.8. The maximum atomic E-state index is 13.6. The van der Waals surface area contributed by atoms with E-state index in [0.29, 0.717) is 42.6 Å². The minimum absolute atomic E-state index is 0.0175. The summed E-state index contributed by atoms with van der Waals surface area (Å²) in [5.41, 5.74) is 2.57. The molecule has 4 aromatic rings. The fourth-order valence-corrected chi connectivity index (χ4v) is 4.71. The Morgan fingerprint density at radius 1 is 1.07 bits per heavy atom. The van der Waals surface area contributed by atoms with Crippen molar-refractivity contribution in [1.82, 2.24) is 25.3 Å². The number of benzene rings is 3. The molecule has 1 aliphatic heterocycles. The third kappa shape index (κ3) is 6.19. The Bertz CT molecular complexity index is 1580. The zero-order valence-corrected chi connectivity index (χ0v) is 22.5. The molecule has 1 aromatic heterocycles. The molecule has 11 heteroatoms. The van der Waals surface area contributed by atoms with E-state index < -0.39 is 24.0 Å². The van der Waals surface area contributed by atoms with Gasteiger partial charge in [0.25, 0.3) is 11.8 Å². The number of carbonyl (C=O) groups is 3. The summed E-state index contributed by atoms with van der Waals surface area (Å²) in [7, 11) is 0. The molecule has 3 amide bonds. The average molecular weight is 562 g/mol. The van der Waals surface area contributed by atoms with Gasteiger partial charge in [0.1, 0.15) is 11.9 Å². The molecule has 0 bridgehead atoms. The van der Waals surface area contributed by atoms with Crippen molar-refractivity contribution in [3.8, 4) is 11.4 Å². The number of hydrogen-bond donors (Lipinski definition) is 2. The maximum Gasteiger partial charge on any atom is 0.321 e. The van der Waals surface area contributed by atoms with Gasteiger partial charge in [-0.2, -0.15) is 13.9 Å². The number of nitrogens with one attached hydrogen (secondary N) is 2. The molecule has 2 N–H and O–H groups in total. The van der Waals surface area contributed by atoms with Crippen LogP contribution >= 0.6 is 0 Å². The molecule has 5 rings (SSSR count). The van der Waals surface area contributed by atoms with E-state index in [1.807, 2.05) is 18.2 Å². The number of hydrogen-bond acceptors (Lipinski definition) is 5. The molecule has 1 aliphatic rings. The summed E-state index contributed by atoms with van der Waals surface area (Å²) in [5, 5.41) is 10.3. The highest BCUT2D eigenvalue weighted by atomic mass is 19.3. The number of ether oxygens (including phenoxy) is 1. The van der Waals surface area contributed by atoms with Crippen LogP contribution in [0.4, 0.5) is 8.78 Å². The summed E-state index contributed by atoms with van der Waals surface area (Å²) in [5.74, 6) is -4.86. The SMILES string of the molecule is C[C@H](NC(=O)C(C)(F)F)[C@@H](Oc1ccc2c(cnn2-c2cccc(C(=O)N3CCNC(=O)C3)c2)c1)c1ccccc1. The van der Waals surface area contributed by atoms with E-state index in [0.717, 1.165) is 10.9 Å². The van der Waals surface area contributed by atoms with Crippen LogP contribution in [0, 0.1) is 0 Å². The average Bonchev–Trinajstić information content (AvgIpc) is 3.39. The highest BCUT2D eigenvalue weighted by molar-refractivity contribution is 5.97. The molecular weight excluding hydrogens is 532 g/mol. The summed E-state index contributed by atoms with van der Waals surface area (Å²) in [6, 6.07) is 20.6. The number of carbonyl (C=O) groups excluding carboxylic acids is 3. The summed E-state index contributed by atoms with van der Waals surface area (Å²) in [4.78, 5) is 38.2. The van der Waals surface area contributed by atoms with Gasteiger partial charge in [-0.15, -0.1) is 0 Å². The van der Waals surface area contributed by atoms with E-state index in [9.17, 15) is 23.2 Å². The normalized spacial score (nSPS) is 15.2. The van der Waals surface area contributed by atoms with E-state index in [1.165, 1.54) is 4.90 Å². The summed E-state index contributed by atoms with van der Waals surface area (Å²) >= 11 is 0. The Balaban J connectivity index is 1.39. The predicted molar refractivity (Wildman–Crippen MR) is 148 cm³/mol. The Kier molecular flexibility index (Phi) is 7.69. The highest BCUT2D eigenvalue weighted by Crippen LogP contribution is 2.29. The highest BCUT2D eigenvalue weighted by Gasteiger charge is 2.35. The monoisotopic (exact) mass is 561 g/mol. The number of halogens is 2. The maximum absolute atomic E-state index is 13.6. The second-order valence-corrected chi connectivity index (χ2v) is 10.0. The Morgan fingerprint density at radius 3 is 2.59 bits per heavy atom. The third-order valence-electron chi connectivity index (χ3n) is 6.81. The van der Waals surface area contributed by atoms with Gasteiger partial charge in [-0.05, 0) is 48.9 Å². The van der Waals surface area contributed by atoms with E-state index in [-0.39, 0.29) is 18.4 Å². The molecule has 0 radical (unpaired) electrons. The Morgan fingerprint density at radius 2 is 1.85 bits per heavy atom. The van der Waals surface area contributed by atoms with Crippen molar-refractivity contribution in [3.63, 3.8) is 0 Å². The molecule has 212 valence electrons. The van der Waals surface area contributed by atoms with Crippen LogP contribution in [0.2, 0.25) is 0 Å². The van der Waals surface area contributed by atoms with Gasteiger partial charge in [0.15, 0.2) is 0 Å². The number of rotatable bonds is 8. The van der Waals surface area contributed by atoms with Crippen LogP contribution in [-0.4, -0.2) is 64.0 Å². The Hall–Kier alpha value is -4.80. The molecule has 9 nitrogen and oxygen atoms in total. The minimum atomic E-state index is -3.52. The number of aromatic nitrogens is 2. The molecule has 0 aliphatic carbocycles. The van der Waals surface area contributed by atoms with Crippen LogP contribution < -0.4 is 15.4 Å². The van der Waals surface area contributed by atoms with Gasteiger partial charge < -0.3 is 20.3 Å². The molecule has 2 atom stereocenters.